The highest BCUT2D eigenvalue weighted by atomic mass is 35.5. The van der Waals surface area contributed by atoms with Gasteiger partial charge in [-0.15, -0.1) is 0 Å². The molecule has 1 atom stereocenters. The summed E-state index contributed by atoms with van der Waals surface area (Å²) in [6.45, 7) is 2.05. The third kappa shape index (κ3) is 3.17. The van der Waals surface area contributed by atoms with Crippen LogP contribution in [0.3, 0.4) is 0 Å². The molecule has 0 aliphatic heterocycles. The highest BCUT2D eigenvalue weighted by Crippen LogP contribution is 2.25. The fourth-order valence-electron chi connectivity index (χ4n) is 2.28. The fourth-order valence-corrected chi connectivity index (χ4v) is 2.53. The third-order valence-corrected chi connectivity index (χ3v) is 3.64. The largest absolute Gasteiger partial charge is 0.275 e. The summed E-state index contributed by atoms with van der Waals surface area (Å²) in [4.78, 5) is 0. The number of aromatic nitrogens is 2. The fraction of sp³-hybridized carbons (Fsp3) is 0.357. The summed E-state index contributed by atoms with van der Waals surface area (Å²) in [5.41, 5.74) is 5.67. The van der Waals surface area contributed by atoms with Crippen LogP contribution in [0.4, 0.5) is 4.39 Å². The Morgan fingerprint density at radius 2 is 2.25 bits per heavy atom. The van der Waals surface area contributed by atoms with Gasteiger partial charge in [0.25, 0.3) is 0 Å². The van der Waals surface area contributed by atoms with Crippen LogP contribution in [0.25, 0.3) is 0 Å². The van der Waals surface area contributed by atoms with Crippen molar-refractivity contribution >= 4 is 11.6 Å². The molecule has 0 bridgehead atoms. The van der Waals surface area contributed by atoms with E-state index in [1.165, 1.54) is 12.1 Å². The van der Waals surface area contributed by atoms with Crippen molar-refractivity contribution in [1.82, 2.24) is 15.2 Å². The van der Waals surface area contributed by atoms with Gasteiger partial charge in [0.05, 0.1) is 11.7 Å². The first kappa shape index (κ1) is 15.0. The number of nitrogens with one attached hydrogen (secondary N) is 1. The van der Waals surface area contributed by atoms with Crippen LogP contribution in [0, 0.1) is 5.82 Å². The minimum atomic E-state index is -0.341. The minimum absolute atomic E-state index is 0.110. The van der Waals surface area contributed by atoms with E-state index >= 15 is 0 Å². The van der Waals surface area contributed by atoms with E-state index in [-0.39, 0.29) is 11.9 Å². The Morgan fingerprint density at radius 1 is 1.50 bits per heavy atom. The summed E-state index contributed by atoms with van der Waals surface area (Å²) in [6.07, 6.45) is 3.35. The molecule has 2 rings (SSSR count). The molecule has 0 amide bonds. The summed E-state index contributed by atoms with van der Waals surface area (Å²) in [5.74, 6) is 5.32. The van der Waals surface area contributed by atoms with Crippen molar-refractivity contribution in [2.75, 3.05) is 0 Å². The number of benzene rings is 1. The summed E-state index contributed by atoms with van der Waals surface area (Å²) in [7, 11) is 1.88. The first-order chi connectivity index (χ1) is 9.55. The molecule has 1 aromatic carbocycles. The van der Waals surface area contributed by atoms with Crippen LogP contribution in [0.15, 0.2) is 24.4 Å². The van der Waals surface area contributed by atoms with Gasteiger partial charge in [-0.1, -0.05) is 24.6 Å². The van der Waals surface area contributed by atoms with Crippen molar-refractivity contribution in [3.05, 3.63) is 52.1 Å². The van der Waals surface area contributed by atoms with Crippen LogP contribution >= 0.6 is 11.6 Å². The van der Waals surface area contributed by atoms with E-state index in [0.29, 0.717) is 11.4 Å². The van der Waals surface area contributed by atoms with Crippen LogP contribution in [-0.4, -0.2) is 9.78 Å². The van der Waals surface area contributed by atoms with Crippen molar-refractivity contribution in [2.24, 2.45) is 12.9 Å². The van der Waals surface area contributed by atoms with Gasteiger partial charge in [0, 0.05) is 23.8 Å². The van der Waals surface area contributed by atoms with Gasteiger partial charge in [-0.05, 0) is 30.5 Å². The number of hydrazine groups is 1. The van der Waals surface area contributed by atoms with Crippen LogP contribution in [-0.2, 0) is 19.9 Å². The number of rotatable bonds is 5. The predicted molar refractivity (Wildman–Crippen MR) is 77.8 cm³/mol. The second kappa shape index (κ2) is 6.35. The average molecular weight is 297 g/mol. The maximum atomic E-state index is 13.1. The molecule has 20 heavy (non-hydrogen) atoms. The zero-order valence-corrected chi connectivity index (χ0v) is 12.3. The molecule has 1 heterocycles. The molecule has 108 valence electrons. The molecular weight excluding hydrogens is 279 g/mol. The molecule has 0 spiro atoms. The zero-order valence-electron chi connectivity index (χ0n) is 11.5. The van der Waals surface area contributed by atoms with Crippen LogP contribution in [0.1, 0.15) is 29.8 Å². The number of halogens is 2. The summed E-state index contributed by atoms with van der Waals surface area (Å²) in [5, 5.41) is 4.81. The Bertz CT molecular complexity index is 597. The molecule has 1 aromatic heterocycles. The Balaban J connectivity index is 2.28. The maximum Gasteiger partial charge on any atom is 0.124 e. The van der Waals surface area contributed by atoms with Gasteiger partial charge < -0.3 is 0 Å². The van der Waals surface area contributed by atoms with E-state index in [9.17, 15) is 4.39 Å². The molecule has 0 aliphatic rings. The second-order valence-corrected chi connectivity index (χ2v) is 5.12. The van der Waals surface area contributed by atoms with Crippen LogP contribution in [0.5, 0.6) is 0 Å². The van der Waals surface area contributed by atoms with Crippen molar-refractivity contribution in [3.8, 4) is 0 Å². The van der Waals surface area contributed by atoms with E-state index in [2.05, 4.69) is 10.5 Å². The SMILES string of the molecule is CCc1nn(C)cc1C(Cc1ccc(F)cc1Cl)NN. The lowest BCUT2D eigenvalue weighted by molar-refractivity contribution is 0.546. The molecule has 2 aromatic rings. The van der Waals surface area contributed by atoms with Crippen molar-refractivity contribution in [2.45, 2.75) is 25.8 Å². The van der Waals surface area contributed by atoms with Gasteiger partial charge >= 0.3 is 0 Å². The van der Waals surface area contributed by atoms with Crippen LogP contribution in [0.2, 0.25) is 5.02 Å². The van der Waals surface area contributed by atoms with Gasteiger partial charge in [-0.25, -0.2) is 4.39 Å². The maximum absolute atomic E-state index is 13.1. The number of nitrogens with zero attached hydrogens (tertiary/aromatic N) is 2. The van der Waals surface area contributed by atoms with Crippen molar-refractivity contribution in [1.29, 1.82) is 0 Å². The quantitative estimate of drug-likeness (QED) is 0.658. The minimum Gasteiger partial charge on any atom is -0.275 e. The second-order valence-electron chi connectivity index (χ2n) is 4.72. The molecule has 0 saturated carbocycles. The molecule has 1 unspecified atom stereocenters. The van der Waals surface area contributed by atoms with Gasteiger partial charge in [0.1, 0.15) is 5.82 Å². The Kier molecular flexibility index (Phi) is 4.75. The lowest BCUT2D eigenvalue weighted by Gasteiger charge is -2.16. The van der Waals surface area contributed by atoms with E-state index in [4.69, 9.17) is 17.4 Å². The van der Waals surface area contributed by atoms with E-state index < -0.39 is 0 Å². The topological polar surface area (TPSA) is 55.9 Å². The number of nitrogens with two attached hydrogens (primary N) is 1. The highest BCUT2D eigenvalue weighted by molar-refractivity contribution is 6.31. The molecule has 0 saturated heterocycles. The average Bonchev–Trinajstić information content (AvgIpc) is 2.79. The lowest BCUT2D eigenvalue weighted by Crippen LogP contribution is -2.30. The molecule has 0 aliphatic carbocycles. The molecular formula is C14H18ClFN4. The zero-order chi connectivity index (χ0) is 14.7. The van der Waals surface area contributed by atoms with Gasteiger partial charge in [-0.3, -0.25) is 16.0 Å². The summed E-state index contributed by atoms with van der Waals surface area (Å²) < 4.78 is 14.8. The normalized spacial score (nSPS) is 12.7. The van der Waals surface area contributed by atoms with Gasteiger partial charge in [0.2, 0.25) is 0 Å². The monoisotopic (exact) mass is 296 g/mol. The third-order valence-electron chi connectivity index (χ3n) is 3.29. The lowest BCUT2D eigenvalue weighted by atomic mass is 9.99. The molecule has 4 nitrogen and oxygen atoms in total. The summed E-state index contributed by atoms with van der Waals surface area (Å²) >= 11 is 6.07. The van der Waals surface area contributed by atoms with Gasteiger partial charge in [0.15, 0.2) is 0 Å². The Labute approximate surface area is 122 Å². The molecule has 0 radical (unpaired) electrons. The Hall–Kier alpha value is -1.43. The standard InChI is InChI=1S/C14H18ClFN4/c1-3-13-11(8-20(2)19-13)14(18-17)6-9-4-5-10(16)7-12(9)15/h4-5,7-8,14,18H,3,6,17H2,1-2H3. The van der Waals surface area contributed by atoms with Crippen LogP contribution < -0.4 is 11.3 Å². The first-order valence-corrected chi connectivity index (χ1v) is 6.85. The van der Waals surface area contributed by atoms with E-state index in [1.54, 1.807) is 10.7 Å². The number of hydrogen-bond donors (Lipinski definition) is 2. The molecule has 3 N–H and O–H groups in total. The van der Waals surface area contributed by atoms with E-state index in [0.717, 1.165) is 23.2 Å². The predicted octanol–water partition coefficient (Wildman–Crippen LogP) is 2.52. The van der Waals surface area contributed by atoms with Crippen molar-refractivity contribution in [3.63, 3.8) is 0 Å². The number of hydrogen-bond acceptors (Lipinski definition) is 3. The molecule has 6 heteroatoms. The smallest absolute Gasteiger partial charge is 0.124 e. The van der Waals surface area contributed by atoms with E-state index in [1.807, 2.05) is 20.2 Å². The van der Waals surface area contributed by atoms with Crippen molar-refractivity contribution < 1.29 is 4.39 Å². The number of aryl methyl sites for hydroxylation is 2. The summed E-state index contributed by atoms with van der Waals surface area (Å²) in [6, 6.07) is 4.29. The molecule has 0 fully saturated rings. The highest BCUT2D eigenvalue weighted by Gasteiger charge is 2.18. The Morgan fingerprint density at radius 3 is 2.85 bits per heavy atom. The van der Waals surface area contributed by atoms with Gasteiger partial charge in [-0.2, -0.15) is 5.10 Å². The first-order valence-electron chi connectivity index (χ1n) is 6.47.